The lowest BCUT2D eigenvalue weighted by Crippen LogP contribution is -2.52. The first kappa shape index (κ1) is 20.8. The van der Waals surface area contributed by atoms with Crippen LogP contribution in [0.2, 0.25) is 0 Å². The number of nitrogens with zero attached hydrogens (tertiary/aromatic N) is 6. The molecule has 4 N–H and O–H groups in total. The fourth-order valence-corrected chi connectivity index (χ4v) is 4.02. The zero-order chi connectivity index (χ0) is 22.3. The summed E-state index contributed by atoms with van der Waals surface area (Å²) in [6.45, 7) is 8.65. The first-order valence-corrected chi connectivity index (χ1v) is 11.1. The highest BCUT2D eigenvalue weighted by molar-refractivity contribution is 5.89. The molecule has 0 unspecified atom stereocenters. The third-order valence-electron chi connectivity index (χ3n) is 5.88. The molecule has 10 nitrogen and oxygen atoms in total. The first-order chi connectivity index (χ1) is 15.4. The van der Waals surface area contributed by atoms with E-state index in [4.69, 9.17) is 0 Å². The van der Waals surface area contributed by atoms with Gasteiger partial charge in [0.05, 0.1) is 11.8 Å². The number of aliphatic hydroxyl groups excluding tert-OH is 1. The highest BCUT2D eigenvalue weighted by Gasteiger charge is 2.45. The van der Waals surface area contributed by atoms with E-state index in [1.54, 1.807) is 13.1 Å². The van der Waals surface area contributed by atoms with E-state index in [0.29, 0.717) is 34.3 Å². The maximum atomic E-state index is 9.97. The number of pyridine rings is 1. The van der Waals surface area contributed by atoms with E-state index in [2.05, 4.69) is 46.0 Å². The molecule has 32 heavy (non-hydrogen) atoms. The molecule has 0 bridgehead atoms. The van der Waals surface area contributed by atoms with Crippen LogP contribution in [0, 0.1) is 0 Å². The fourth-order valence-electron chi connectivity index (χ4n) is 4.02. The maximum Gasteiger partial charge on any atom is 0.229 e. The van der Waals surface area contributed by atoms with Crippen molar-refractivity contribution < 1.29 is 5.11 Å². The molecule has 168 valence electrons. The van der Waals surface area contributed by atoms with Crippen molar-refractivity contribution in [2.24, 2.45) is 0 Å². The lowest BCUT2D eigenvalue weighted by Gasteiger charge is -2.34. The summed E-state index contributed by atoms with van der Waals surface area (Å²) in [6.07, 6.45) is 3.51. The third kappa shape index (κ3) is 4.28. The highest BCUT2D eigenvalue weighted by atomic mass is 16.3. The number of aliphatic hydroxyl groups is 1. The van der Waals surface area contributed by atoms with Crippen molar-refractivity contribution in [1.82, 2.24) is 30.5 Å². The Hall–Kier alpha value is -3.11. The molecule has 1 saturated carbocycles. The molecule has 1 saturated heterocycles. The van der Waals surface area contributed by atoms with Crippen LogP contribution in [0.3, 0.4) is 0 Å². The van der Waals surface area contributed by atoms with Crippen molar-refractivity contribution in [3.63, 3.8) is 0 Å². The average Bonchev–Trinajstić information content (AvgIpc) is 3.52. The Morgan fingerprint density at radius 1 is 1.16 bits per heavy atom. The zero-order valence-electron chi connectivity index (χ0n) is 18.6. The number of fused-ring (bicyclic) bond motifs is 1. The number of aromatic nitrogens is 5. The van der Waals surface area contributed by atoms with Gasteiger partial charge in [0.1, 0.15) is 5.52 Å². The van der Waals surface area contributed by atoms with Crippen molar-refractivity contribution in [3.8, 4) is 0 Å². The Balaban J connectivity index is 1.37. The normalized spacial score (nSPS) is 18.2. The van der Waals surface area contributed by atoms with Gasteiger partial charge in [-0.2, -0.15) is 0 Å². The fraction of sp³-hybridized carbons (Fsp3) is 0.500. The number of anilines is 4. The van der Waals surface area contributed by atoms with E-state index < -0.39 is 6.10 Å². The Morgan fingerprint density at radius 3 is 2.69 bits per heavy atom. The molecule has 2 fully saturated rings. The first-order valence-electron chi connectivity index (χ1n) is 11.1. The SMILES string of the molecule is CC(C)Nc1nc([C@@H](C)O)cc2cnc(Nc3ccc(N4CCNC5(CC5)C4)nn3)nc12. The van der Waals surface area contributed by atoms with Gasteiger partial charge in [0.2, 0.25) is 5.95 Å². The summed E-state index contributed by atoms with van der Waals surface area (Å²) >= 11 is 0. The summed E-state index contributed by atoms with van der Waals surface area (Å²) in [6, 6.07) is 5.86. The van der Waals surface area contributed by atoms with Gasteiger partial charge in [-0.3, -0.25) is 0 Å². The average molecular weight is 436 g/mol. The molecular formula is C22H29N9O. The molecule has 1 atom stereocenters. The minimum Gasteiger partial charge on any atom is -0.387 e. The van der Waals surface area contributed by atoms with Gasteiger partial charge < -0.3 is 26.0 Å². The van der Waals surface area contributed by atoms with E-state index in [1.165, 1.54) is 12.8 Å². The van der Waals surface area contributed by atoms with E-state index in [1.807, 2.05) is 32.0 Å². The van der Waals surface area contributed by atoms with Crippen LogP contribution >= 0.6 is 0 Å². The Labute approximate surface area is 186 Å². The Kier molecular flexibility index (Phi) is 5.26. The molecule has 2 aliphatic rings. The van der Waals surface area contributed by atoms with E-state index in [0.717, 1.165) is 30.8 Å². The molecule has 3 aromatic rings. The van der Waals surface area contributed by atoms with Crippen LogP contribution in [0.4, 0.5) is 23.4 Å². The van der Waals surface area contributed by atoms with Gasteiger partial charge in [-0.25, -0.2) is 15.0 Å². The lowest BCUT2D eigenvalue weighted by atomic mass is 10.2. The minimum absolute atomic E-state index is 0.166. The van der Waals surface area contributed by atoms with Crippen LogP contribution < -0.4 is 20.9 Å². The van der Waals surface area contributed by atoms with Gasteiger partial charge in [-0.1, -0.05) is 0 Å². The Morgan fingerprint density at radius 2 is 2.00 bits per heavy atom. The number of hydrogen-bond acceptors (Lipinski definition) is 10. The summed E-state index contributed by atoms with van der Waals surface area (Å²) in [4.78, 5) is 15.9. The van der Waals surface area contributed by atoms with E-state index in [-0.39, 0.29) is 6.04 Å². The van der Waals surface area contributed by atoms with Crippen molar-refractivity contribution in [1.29, 1.82) is 0 Å². The van der Waals surface area contributed by atoms with Crippen LogP contribution in [-0.2, 0) is 0 Å². The second-order valence-corrected chi connectivity index (χ2v) is 9.03. The van der Waals surface area contributed by atoms with Crippen LogP contribution in [0.15, 0.2) is 24.4 Å². The number of nitrogens with one attached hydrogen (secondary N) is 3. The van der Waals surface area contributed by atoms with Crippen LogP contribution in [0.25, 0.3) is 10.9 Å². The number of hydrogen-bond donors (Lipinski definition) is 4. The van der Waals surface area contributed by atoms with Crippen molar-refractivity contribution in [3.05, 3.63) is 30.1 Å². The van der Waals surface area contributed by atoms with Gasteiger partial charge in [-0.05, 0) is 51.8 Å². The van der Waals surface area contributed by atoms with Gasteiger partial charge in [-0.15, -0.1) is 10.2 Å². The van der Waals surface area contributed by atoms with Gasteiger partial charge in [0.25, 0.3) is 0 Å². The van der Waals surface area contributed by atoms with Gasteiger partial charge >= 0.3 is 0 Å². The second kappa shape index (κ2) is 8.10. The van der Waals surface area contributed by atoms with Crippen LogP contribution in [0.5, 0.6) is 0 Å². The molecule has 10 heteroatoms. The third-order valence-corrected chi connectivity index (χ3v) is 5.88. The molecular weight excluding hydrogens is 406 g/mol. The smallest absolute Gasteiger partial charge is 0.229 e. The molecule has 3 aromatic heterocycles. The summed E-state index contributed by atoms with van der Waals surface area (Å²) in [7, 11) is 0. The van der Waals surface area contributed by atoms with Gasteiger partial charge in [0.15, 0.2) is 17.5 Å². The van der Waals surface area contributed by atoms with E-state index >= 15 is 0 Å². The molecule has 4 heterocycles. The van der Waals surface area contributed by atoms with Crippen molar-refractivity contribution in [2.75, 3.05) is 35.2 Å². The summed E-state index contributed by atoms with van der Waals surface area (Å²) < 4.78 is 0. The van der Waals surface area contributed by atoms with Crippen LogP contribution in [0.1, 0.15) is 45.4 Å². The molecule has 1 aliphatic carbocycles. The molecule has 0 amide bonds. The number of rotatable bonds is 6. The monoisotopic (exact) mass is 435 g/mol. The van der Waals surface area contributed by atoms with Crippen LogP contribution in [-0.4, -0.2) is 61.5 Å². The quantitative estimate of drug-likeness (QED) is 0.459. The highest BCUT2D eigenvalue weighted by Crippen LogP contribution is 2.38. The predicted molar refractivity (Wildman–Crippen MR) is 124 cm³/mol. The standard InChI is InChI=1S/C22H29N9O/c1-13(2)25-20-19-15(10-16(26-20)14(3)32)11-23-21(28-19)27-17-4-5-18(30-29-17)31-9-8-24-22(12-31)6-7-22/h4-5,10-11,13-14,24,32H,6-9,12H2,1-3H3,(H,25,26)(H,23,27,28,29)/t14-/m1/s1. The van der Waals surface area contributed by atoms with Crippen molar-refractivity contribution >= 4 is 34.3 Å². The minimum atomic E-state index is -0.677. The summed E-state index contributed by atoms with van der Waals surface area (Å²) in [5, 5.41) is 29.6. The molecule has 0 radical (unpaired) electrons. The number of piperazine rings is 1. The summed E-state index contributed by atoms with van der Waals surface area (Å²) in [5.41, 5.74) is 1.55. The zero-order valence-corrected chi connectivity index (χ0v) is 18.6. The second-order valence-electron chi connectivity index (χ2n) is 9.03. The lowest BCUT2D eigenvalue weighted by molar-refractivity contribution is 0.194. The summed E-state index contributed by atoms with van der Waals surface area (Å²) in [5.74, 6) is 2.50. The predicted octanol–water partition coefficient (Wildman–Crippen LogP) is 2.37. The van der Waals surface area contributed by atoms with Gasteiger partial charge in [0, 0.05) is 42.8 Å². The molecule has 1 aliphatic heterocycles. The Bertz CT molecular complexity index is 1110. The molecule has 0 aromatic carbocycles. The largest absolute Gasteiger partial charge is 0.387 e. The molecule has 5 rings (SSSR count). The maximum absolute atomic E-state index is 9.97. The van der Waals surface area contributed by atoms with E-state index in [9.17, 15) is 5.11 Å². The topological polar surface area (TPSA) is 124 Å². The molecule has 1 spiro atoms. The van der Waals surface area contributed by atoms with Crippen molar-refractivity contribution in [2.45, 2.75) is 51.3 Å².